The van der Waals surface area contributed by atoms with Gasteiger partial charge in [-0.15, -0.1) is 11.8 Å². The van der Waals surface area contributed by atoms with Gasteiger partial charge in [-0.25, -0.2) is 4.79 Å². The summed E-state index contributed by atoms with van der Waals surface area (Å²) in [5.74, 6) is -0.680. The number of amides is 1. The van der Waals surface area contributed by atoms with Gasteiger partial charge in [-0.05, 0) is 18.4 Å². The predicted octanol–water partition coefficient (Wildman–Crippen LogP) is 2.81. The van der Waals surface area contributed by atoms with Gasteiger partial charge in [0.15, 0.2) is 0 Å². The smallest absolute Gasteiger partial charge is 0.326 e. The van der Waals surface area contributed by atoms with Crippen LogP contribution in [0.3, 0.4) is 0 Å². The number of aliphatic carboxylic acids is 1. The molecule has 0 spiro atoms. The van der Waals surface area contributed by atoms with Crippen LogP contribution >= 0.6 is 24.0 Å². The van der Waals surface area contributed by atoms with Gasteiger partial charge in [-0.1, -0.05) is 49.5 Å². The van der Waals surface area contributed by atoms with Crippen molar-refractivity contribution in [3.63, 3.8) is 0 Å². The minimum absolute atomic E-state index is 0.0896. The van der Waals surface area contributed by atoms with Crippen LogP contribution in [0.2, 0.25) is 0 Å². The Morgan fingerprint density at radius 3 is 2.73 bits per heavy atom. The van der Waals surface area contributed by atoms with E-state index in [4.69, 9.17) is 17.3 Å². The van der Waals surface area contributed by atoms with Gasteiger partial charge >= 0.3 is 5.97 Å². The molecule has 4 nitrogen and oxygen atoms in total. The Labute approximate surface area is 139 Å². The molecule has 1 aliphatic heterocycles. The number of carbonyl (C=O) groups excluding carboxylic acids is 1. The number of nitrogens with zero attached hydrogens (tertiary/aromatic N) is 1. The highest BCUT2D eigenvalue weighted by molar-refractivity contribution is 8.23. The monoisotopic (exact) mass is 337 g/mol. The van der Waals surface area contributed by atoms with E-state index in [1.54, 1.807) is 0 Å². The zero-order valence-corrected chi connectivity index (χ0v) is 14.0. The minimum atomic E-state index is -0.912. The van der Waals surface area contributed by atoms with E-state index in [-0.39, 0.29) is 11.8 Å². The molecular weight excluding hydrogens is 318 g/mol. The summed E-state index contributed by atoms with van der Waals surface area (Å²) in [5, 5.41) is 9.16. The van der Waals surface area contributed by atoms with Crippen LogP contribution in [0.4, 0.5) is 0 Å². The molecule has 0 radical (unpaired) electrons. The lowest BCUT2D eigenvalue weighted by molar-refractivity contribution is -0.149. The third-order valence-electron chi connectivity index (χ3n) is 3.72. The number of hydrogen-bond donors (Lipinski definition) is 1. The third-order valence-corrected chi connectivity index (χ3v) is 5.47. The average molecular weight is 337 g/mol. The standard InChI is InChI=1S/C16H19NO3S2/c1-11(10-22-16(21)12-6-3-2-4-7-12)14(18)17-9-5-8-13(17)15(19)20/h2-4,6-7,11,13H,5,8-10H2,1H3,(H,19,20)/t11-,13+/m1/s1. The SMILES string of the molecule is C[C@H](CSC(=S)c1ccccc1)C(=O)N1CCC[C@H]1C(=O)O. The minimum Gasteiger partial charge on any atom is -0.480 e. The Bertz CT molecular complexity index is 562. The molecule has 0 saturated carbocycles. The largest absolute Gasteiger partial charge is 0.480 e. The Hall–Kier alpha value is -1.40. The Kier molecular flexibility index (Phi) is 5.97. The van der Waals surface area contributed by atoms with E-state index in [0.717, 1.165) is 16.2 Å². The van der Waals surface area contributed by atoms with Gasteiger partial charge in [0.25, 0.3) is 0 Å². The van der Waals surface area contributed by atoms with Gasteiger partial charge in [0.05, 0.1) is 4.20 Å². The molecule has 1 heterocycles. The predicted molar refractivity (Wildman–Crippen MR) is 92.1 cm³/mol. The van der Waals surface area contributed by atoms with Gasteiger partial charge in [-0.2, -0.15) is 0 Å². The highest BCUT2D eigenvalue weighted by atomic mass is 32.2. The number of likely N-dealkylation sites (tertiary alicyclic amines) is 1. The molecule has 0 aliphatic carbocycles. The second-order valence-corrected chi connectivity index (χ2v) is 7.09. The molecule has 0 bridgehead atoms. The number of benzene rings is 1. The highest BCUT2D eigenvalue weighted by Crippen LogP contribution is 2.23. The number of carbonyl (C=O) groups is 2. The molecule has 1 fully saturated rings. The van der Waals surface area contributed by atoms with Crippen molar-refractivity contribution in [1.82, 2.24) is 4.90 Å². The van der Waals surface area contributed by atoms with Crippen molar-refractivity contribution in [2.45, 2.75) is 25.8 Å². The molecule has 118 valence electrons. The van der Waals surface area contributed by atoms with Crippen LogP contribution in [-0.2, 0) is 9.59 Å². The Balaban J connectivity index is 1.89. The van der Waals surface area contributed by atoms with Gasteiger partial charge in [0, 0.05) is 18.2 Å². The molecule has 1 aromatic carbocycles. The topological polar surface area (TPSA) is 57.6 Å². The average Bonchev–Trinajstić information content (AvgIpc) is 3.02. The first kappa shape index (κ1) is 17.0. The van der Waals surface area contributed by atoms with Crippen LogP contribution in [0.15, 0.2) is 30.3 Å². The van der Waals surface area contributed by atoms with Gasteiger partial charge < -0.3 is 10.0 Å². The van der Waals surface area contributed by atoms with Crippen LogP contribution in [-0.4, -0.2) is 44.4 Å². The highest BCUT2D eigenvalue weighted by Gasteiger charge is 2.35. The van der Waals surface area contributed by atoms with Crippen molar-refractivity contribution in [1.29, 1.82) is 0 Å². The van der Waals surface area contributed by atoms with E-state index in [9.17, 15) is 9.59 Å². The Morgan fingerprint density at radius 1 is 1.41 bits per heavy atom. The van der Waals surface area contributed by atoms with Gasteiger partial charge in [0.1, 0.15) is 6.04 Å². The molecule has 0 unspecified atom stereocenters. The molecule has 22 heavy (non-hydrogen) atoms. The van der Waals surface area contributed by atoms with Crippen LogP contribution in [0.5, 0.6) is 0 Å². The number of rotatable bonds is 5. The number of thiocarbonyl (C=S) groups is 1. The first-order valence-electron chi connectivity index (χ1n) is 7.26. The first-order chi connectivity index (χ1) is 10.5. The fourth-order valence-electron chi connectivity index (χ4n) is 2.50. The van der Waals surface area contributed by atoms with E-state index >= 15 is 0 Å². The summed E-state index contributed by atoms with van der Waals surface area (Å²) >= 11 is 6.84. The maximum absolute atomic E-state index is 12.4. The second kappa shape index (κ2) is 7.74. The zero-order chi connectivity index (χ0) is 16.1. The normalized spacial score (nSPS) is 19.0. The lowest BCUT2D eigenvalue weighted by Gasteiger charge is -2.24. The van der Waals surface area contributed by atoms with E-state index in [1.807, 2.05) is 37.3 Å². The molecule has 0 aromatic heterocycles. The van der Waals surface area contributed by atoms with Crippen LogP contribution in [0.1, 0.15) is 25.3 Å². The zero-order valence-electron chi connectivity index (χ0n) is 12.4. The summed E-state index contributed by atoms with van der Waals surface area (Å²) in [7, 11) is 0. The molecule has 1 N–H and O–H groups in total. The molecule has 6 heteroatoms. The summed E-state index contributed by atoms with van der Waals surface area (Å²) in [5.41, 5.74) is 0.978. The van der Waals surface area contributed by atoms with Crippen LogP contribution < -0.4 is 0 Å². The molecule has 2 rings (SSSR count). The summed E-state index contributed by atoms with van der Waals surface area (Å²) in [4.78, 5) is 25.1. The maximum atomic E-state index is 12.4. The number of carboxylic acid groups (broad SMARTS) is 1. The third kappa shape index (κ3) is 4.08. The first-order valence-corrected chi connectivity index (χ1v) is 8.65. The van der Waals surface area contributed by atoms with Crippen molar-refractivity contribution in [3.05, 3.63) is 35.9 Å². The number of hydrogen-bond acceptors (Lipinski definition) is 4. The summed E-state index contributed by atoms with van der Waals surface area (Å²) in [6.45, 7) is 2.37. The number of carboxylic acids is 1. The van der Waals surface area contributed by atoms with Gasteiger partial charge in [0.2, 0.25) is 5.91 Å². The summed E-state index contributed by atoms with van der Waals surface area (Å²) in [6, 6.07) is 9.02. The van der Waals surface area contributed by atoms with Crippen molar-refractivity contribution in [2.75, 3.05) is 12.3 Å². The fourth-order valence-corrected chi connectivity index (χ4v) is 3.69. The molecule has 1 aromatic rings. The van der Waals surface area contributed by atoms with Crippen LogP contribution in [0, 0.1) is 5.92 Å². The summed E-state index contributed by atoms with van der Waals surface area (Å²) < 4.78 is 0.761. The lowest BCUT2D eigenvalue weighted by atomic mass is 10.1. The van der Waals surface area contributed by atoms with Gasteiger partial charge in [-0.3, -0.25) is 4.79 Å². The summed E-state index contributed by atoms with van der Waals surface area (Å²) in [6.07, 6.45) is 1.30. The second-order valence-electron chi connectivity index (χ2n) is 5.39. The molecule has 1 saturated heterocycles. The quantitative estimate of drug-likeness (QED) is 0.837. The van der Waals surface area contributed by atoms with Crippen molar-refractivity contribution < 1.29 is 14.7 Å². The fraction of sp³-hybridized carbons (Fsp3) is 0.438. The Morgan fingerprint density at radius 2 is 2.09 bits per heavy atom. The van der Waals surface area contributed by atoms with Crippen molar-refractivity contribution in [3.8, 4) is 0 Å². The van der Waals surface area contributed by atoms with E-state index in [0.29, 0.717) is 18.7 Å². The molecule has 1 aliphatic rings. The van der Waals surface area contributed by atoms with Crippen molar-refractivity contribution in [2.24, 2.45) is 5.92 Å². The van der Waals surface area contributed by atoms with Crippen molar-refractivity contribution >= 4 is 40.1 Å². The maximum Gasteiger partial charge on any atom is 0.326 e. The molecular formula is C16H19NO3S2. The van der Waals surface area contributed by atoms with E-state index < -0.39 is 12.0 Å². The van der Waals surface area contributed by atoms with E-state index in [1.165, 1.54) is 16.7 Å². The van der Waals surface area contributed by atoms with E-state index in [2.05, 4.69) is 0 Å². The number of thioether (sulfide) groups is 1. The molecule has 2 atom stereocenters. The lowest BCUT2D eigenvalue weighted by Crippen LogP contribution is -2.43. The molecule has 1 amide bonds. The van der Waals surface area contributed by atoms with Crippen LogP contribution in [0.25, 0.3) is 0 Å².